The molecule has 3 aromatic rings. The molecule has 5 nitrogen and oxygen atoms in total. The van der Waals surface area contributed by atoms with Gasteiger partial charge >= 0.3 is 0 Å². The van der Waals surface area contributed by atoms with Crippen molar-refractivity contribution in [1.29, 1.82) is 0 Å². The van der Waals surface area contributed by atoms with Crippen LogP contribution in [-0.2, 0) is 4.79 Å². The number of amides is 2. The Morgan fingerprint density at radius 2 is 1.68 bits per heavy atom. The van der Waals surface area contributed by atoms with Crippen molar-refractivity contribution in [2.45, 2.75) is 10.3 Å². The second kappa shape index (κ2) is 9.62. The Morgan fingerprint density at radius 1 is 0.971 bits per heavy atom. The van der Waals surface area contributed by atoms with Gasteiger partial charge in [-0.25, -0.2) is 4.39 Å². The van der Waals surface area contributed by atoms with E-state index in [1.54, 1.807) is 18.1 Å². The summed E-state index contributed by atoms with van der Waals surface area (Å²) in [6.07, 6.45) is 0. The second-order valence-corrected chi connectivity index (χ2v) is 10.1. The van der Waals surface area contributed by atoms with E-state index in [-0.39, 0.29) is 15.6 Å². The minimum atomic E-state index is -1.38. The zero-order valence-corrected chi connectivity index (χ0v) is 20.7. The van der Waals surface area contributed by atoms with Gasteiger partial charge in [0, 0.05) is 18.7 Å². The molecule has 0 aromatic heterocycles. The molecule has 3 aromatic carbocycles. The maximum atomic E-state index is 13.5. The van der Waals surface area contributed by atoms with Crippen LogP contribution in [0, 0.1) is 11.7 Å². The molecule has 2 atom stereocenters. The number of hydrogen-bond donors (Lipinski definition) is 2. The lowest BCUT2D eigenvalue weighted by molar-refractivity contribution is -0.117. The van der Waals surface area contributed by atoms with Gasteiger partial charge in [0.1, 0.15) is 10.2 Å². The molecule has 1 aliphatic rings. The topological polar surface area (TPSA) is 61.4 Å². The Labute approximate surface area is 215 Å². The van der Waals surface area contributed by atoms with E-state index in [1.807, 2.05) is 30.3 Å². The summed E-state index contributed by atoms with van der Waals surface area (Å²) >= 11 is 24.8. The third-order valence-corrected chi connectivity index (χ3v) is 7.09. The maximum Gasteiger partial charge on any atom is 0.271 e. The van der Waals surface area contributed by atoms with Gasteiger partial charge in [-0.05, 0) is 48.0 Å². The van der Waals surface area contributed by atoms with Crippen LogP contribution in [0.3, 0.4) is 0 Å². The number of benzene rings is 3. The number of nitrogens with zero attached hydrogens (tertiary/aromatic N) is 1. The number of hydrogen-bond acceptors (Lipinski definition) is 3. The van der Waals surface area contributed by atoms with Gasteiger partial charge in [0.05, 0.1) is 27.2 Å². The van der Waals surface area contributed by atoms with Gasteiger partial charge in [0.2, 0.25) is 5.91 Å². The fraction of sp³-hybridized carbons (Fsp3) is 0.167. The number of halogens is 5. The monoisotopic (exact) mass is 539 g/mol. The Morgan fingerprint density at radius 3 is 2.35 bits per heavy atom. The quantitative estimate of drug-likeness (QED) is 0.279. The van der Waals surface area contributed by atoms with Gasteiger partial charge in [-0.2, -0.15) is 0 Å². The SMILES string of the molecule is CN(NC(=O)c1cc(NC(=O)[C@H]2[C@H](c3ccc(F)c(Cl)c3)C2(Cl)Cl)ccc1Cl)c1ccccc1. The van der Waals surface area contributed by atoms with E-state index >= 15 is 0 Å². The molecule has 176 valence electrons. The molecule has 0 saturated heterocycles. The van der Waals surface area contributed by atoms with E-state index in [4.69, 9.17) is 46.4 Å². The van der Waals surface area contributed by atoms with Crippen molar-refractivity contribution in [3.63, 3.8) is 0 Å². The minimum absolute atomic E-state index is 0.0819. The Bertz CT molecular complexity index is 1260. The molecule has 0 bridgehead atoms. The normalized spacial score (nSPS) is 18.2. The summed E-state index contributed by atoms with van der Waals surface area (Å²) in [5, 5.41) is 4.42. The molecule has 1 saturated carbocycles. The first-order valence-corrected chi connectivity index (χ1v) is 11.6. The molecule has 0 heterocycles. The van der Waals surface area contributed by atoms with Crippen LogP contribution in [0.4, 0.5) is 15.8 Å². The third-order valence-electron chi connectivity index (χ3n) is 5.53. The number of rotatable bonds is 6. The highest BCUT2D eigenvalue weighted by Crippen LogP contribution is 2.65. The lowest BCUT2D eigenvalue weighted by Crippen LogP contribution is -2.39. The van der Waals surface area contributed by atoms with Crippen molar-refractivity contribution < 1.29 is 14.0 Å². The molecule has 10 heteroatoms. The standard InChI is InChI=1S/C24H18Cl4FN3O2/c1-32(15-5-3-2-4-6-15)31-22(33)16-12-14(8-9-17(16)25)30-23(34)21-20(24(21,27)28)13-7-10-19(29)18(26)11-13/h2-12,20-21H,1H3,(H,30,34)(H,31,33)/t20-,21+/m0/s1. The van der Waals surface area contributed by atoms with Gasteiger partial charge < -0.3 is 5.32 Å². The van der Waals surface area contributed by atoms with Crippen LogP contribution < -0.4 is 15.8 Å². The molecule has 0 radical (unpaired) electrons. The van der Waals surface area contributed by atoms with Crippen LogP contribution in [0.25, 0.3) is 0 Å². The highest BCUT2D eigenvalue weighted by atomic mass is 35.5. The van der Waals surface area contributed by atoms with Crippen LogP contribution in [0.2, 0.25) is 10.0 Å². The van der Waals surface area contributed by atoms with E-state index < -0.39 is 33.8 Å². The van der Waals surface area contributed by atoms with E-state index in [0.717, 1.165) is 5.69 Å². The van der Waals surface area contributed by atoms with E-state index in [9.17, 15) is 14.0 Å². The summed E-state index contributed by atoms with van der Waals surface area (Å²) in [4.78, 5) is 25.7. The molecule has 1 aliphatic carbocycles. The molecule has 34 heavy (non-hydrogen) atoms. The van der Waals surface area contributed by atoms with Crippen molar-refractivity contribution in [3.8, 4) is 0 Å². The number of anilines is 2. The van der Waals surface area contributed by atoms with Crippen LogP contribution >= 0.6 is 46.4 Å². The second-order valence-electron chi connectivity index (χ2n) is 7.82. The first kappa shape index (κ1) is 24.6. The molecule has 0 unspecified atom stereocenters. The lowest BCUT2D eigenvalue weighted by atomic mass is 10.1. The van der Waals surface area contributed by atoms with Gasteiger partial charge in [-0.15, -0.1) is 23.2 Å². The van der Waals surface area contributed by atoms with Crippen molar-refractivity contribution in [3.05, 3.63) is 93.7 Å². The molecule has 2 amide bonds. The van der Waals surface area contributed by atoms with E-state index in [0.29, 0.717) is 11.3 Å². The molecular weight excluding hydrogens is 523 g/mol. The zero-order chi connectivity index (χ0) is 24.6. The average Bonchev–Trinajstić information content (AvgIpc) is 3.39. The summed E-state index contributed by atoms with van der Waals surface area (Å²) in [7, 11) is 1.70. The number of hydrazine groups is 1. The first-order chi connectivity index (χ1) is 16.1. The van der Waals surface area contributed by atoms with Crippen molar-refractivity contribution in [2.24, 2.45) is 5.92 Å². The summed E-state index contributed by atoms with van der Waals surface area (Å²) in [6, 6.07) is 17.9. The Balaban J connectivity index is 1.48. The van der Waals surface area contributed by atoms with Crippen LogP contribution in [0.5, 0.6) is 0 Å². The zero-order valence-electron chi connectivity index (χ0n) is 17.7. The smallest absolute Gasteiger partial charge is 0.271 e. The molecule has 0 aliphatic heterocycles. The highest BCUT2D eigenvalue weighted by molar-refractivity contribution is 6.53. The summed E-state index contributed by atoms with van der Waals surface area (Å²) < 4.78 is 12.1. The number of nitrogens with one attached hydrogen (secondary N) is 2. The number of para-hydroxylation sites is 1. The van der Waals surface area contributed by atoms with Crippen molar-refractivity contribution in [2.75, 3.05) is 17.4 Å². The van der Waals surface area contributed by atoms with E-state index in [2.05, 4.69) is 10.7 Å². The molecule has 2 N–H and O–H groups in total. The third kappa shape index (κ3) is 4.96. The van der Waals surface area contributed by atoms with Crippen molar-refractivity contribution in [1.82, 2.24) is 5.43 Å². The van der Waals surface area contributed by atoms with Gasteiger partial charge in [0.25, 0.3) is 5.91 Å². The summed E-state index contributed by atoms with van der Waals surface area (Å²) in [5.74, 6) is -2.85. The van der Waals surface area contributed by atoms with Crippen LogP contribution in [0.1, 0.15) is 21.8 Å². The fourth-order valence-electron chi connectivity index (χ4n) is 3.70. The predicted molar refractivity (Wildman–Crippen MR) is 134 cm³/mol. The molecule has 4 rings (SSSR count). The Hall–Kier alpha value is -2.51. The predicted octanol–water partition coefficient (Wildman–Crippen LogP) is 6.44. The molecule has 0 spiro atoms. The van der Waals surface area contributed by atoms with E-state index in [1.165, 1.54) is 30.3 Å². The number of carbonyl (C=O) groups is 2. The largest absolute Gasteiger partial charge is 0.326 e. The molecule has 1 fully saturated rings. The van der Waals surface area contributed by atoms with Crippen LogP contribution in [-0.4, -0.2) is 23.2 Å². The summed E-state index contributed by atoms with van der Waals surface area (Å²) in [6.45, 7) is 0. The van der Waals surface area contributed by atoms with Crippen LogP contribution in [0.15, 0.2) is 66.7 Å². The number of alkyl halides is 2. The number of carbonyl (C=O) groups excluding carboxylic acids is 2. The first-order valence-electron chi connectivity index (χ1n) is 10.1. The van der Waals surface area contributed by atoms with Gasteiger partial charge in [-0.1, -0.05) is 47.5 Å². The summed E-state index contributed by atoms with van der Waals surface area (Å²) in [5.41, 5.74) is 4.57. The fourth-order valence-corrected chi connectivity index (χ4v) is 4.92. The maximum absolute atomic E-state index is 13.5. The van der Waals surface area contributed by atoms with Crippen molar-refractivity contribution >= 4 is 69.6 Å². The minimum Gasteiger partial charge on any atom is -0.326 e. The highest BCUT2D eigenvalue weighted by Gasteiger charge is 2.67. The Kier molecular flexibility index (Phi) is 6.97. The lowest BCUT2D eigenvalue weighted by Gasteiger charge is -2.20. The van der Waals surface area contributed by atoms with Gasteiger partial charge in [0.15, 0.2) is 0 Å². The molecular formula is C24H18Cl4FN3O2. The van der Waals surface area contributed by atoms with Gasteiger partial charge in [-0.3, -0.25) is 20.0 Å². The average molecular weight is 541 g/mol.